The molecule has 0 atom stereocenters. The number of halogens is 3. The van der Waals surface area contributed by atoms with Gasteiger partial charge < -0.3 is 9.84 Å². The van der Waals surface area contributed by atoms with Crippen molar-refractivity contribution >= 4 is 11.9 Å². The van der Waals surface area contributed by atoms with E-state index in [1.165, 1.54) is 0 Å². The zero-order chi connectivity index (χ0) is 12.1. The number of hydrogen-bond acceptors (Lipinski definition) is 3. The average Bonchev–Trinajstić information content (AvgIpc) is 2.09. The summed E-state index contributed by atoms with van der Waals surface area (Å²) in [5, 5.41) is 8.33. The molecule has 0 aromatic carbocycles. The standard InChI is InChI=1S/C8H9F3O4/c1-5(6(12)13)3-2-4-15-7(14)8(9,10)11/h1-4H2,(H,12,13). The first-order valence-electron chi connectivity index (χ1n) is 3.90. The van der Waals surface area contributed by atoms with Crippen molar-refractivity contribution in [2.75, 3.05) is 6.61 Å². The largest absolute Gasteiger partial charge is 0.490 e. The lowest BCUT2D eigenvalue weighted by Crippen LogP contribution is -2.25. The number of ether oxygens (including phenoxy) is 1. The van der Waals surface area contributed by atoms with Crippen molar-refractivity contribution in [1.29, 1.82) is 0 Å². The summed E-state index contributed by atoms with van der Waals surface area (Å²) in [6.45, 7) is 2.68. The van der Waals surface area contributed by atoms with E-state index in [1.54, 1.807) is 0 Å². The smallest absolute Gasteiger partial charge is 0.478 e. The second kappa shape index (κ2) is 5.38. The Balaban J connectivity index is 3.69. The highest BCUT2D eigenvalue weighted by Crippen LogP contribution is 2.16. The lowest BCUT2D eigenvalue weighted by atomic mass is 10.2. The fraction of sp³-hybridized carbons (Fsp3) is 0.500. The van der Waals surface area contributed by atoms with Crippen molar-refractivity contribution in [3.05, 3.63) is 12.2 Å². The molecule has 86 valence electrons. The second-order valence-corrected chi connectivity index (χ2v) is 2.65. The topological polar surface area (TPSA) is 63.6 Å². The Morgan fingerprint density at radius 3 is 2.27 bits per heavy atom. The molecule has 0 saturated heterocycles. The second-order valence-electron chi connectivity index (χ2n) is 2.65. The van der Waals surface area contributed by atoms with Crippen LogP contribution >= 0.6 is 0 Å². The van der Waals surface area contributed by atoms with Crippen LogP contribution < -0.4 is 0 Å². The van der Waals surface area contributed by atoms with E-state index in [9.17, 15) is 22.8 Å². The summed E-state index contributed by atoms with van der Waals surface area (Å²) in [4.78, 5) is 20.4. The number of rotatable bonds is 5. The maximum Gasteiger partial charge on any atom is 0.490 e. The van der Waals surface area contributed by atoms with Gasteiger partial charge in [0, 0.05) is 5.57 Å². The van der Waals surface area contributed by atoms with Crippen molar-refractivity contribution in [3.8, 4) is 0 Å². The first-order chi connectivity index (χ1) is 6.75. The highest BCUT2D eigenvalue weighted by atomic mass is 19.4. The first kappa shape index (κ1) is 13.5. The minimum atomic E-state index is -5.01. The number of alkyl halides is 3. The van der Waals surface area contributed by atoms with Crippen LogP contribution in [0.4, 0.5) is 13.2 Å². The van der Waals surface area contributed by atoms with Crippen LogP contribution in [0.1, 0.15) is 12.8 Å². The van der Waals surface area contributed by atoms with Crippen LogP contribution in [0, 0.1) is 0 Å². The molecule has 0 amide bonds. The Hall–Kier alpha value is -1.53. The molecular weight excluding hydrogens is 217 g/mol. The van der Waals surface area contributed by atoms with Gasteiger partial charge in [0.2, 0.25) is 0 Å². The molecule has 4 nitrogen and oxygen atoms in total. The van der Waals surface area contributed by atoms with Gasteiger partial charge in [-0.1, -0.05) is 6.58 Å². The van der Waals surface area contributed by atoms with Crippen molar-refractivity contribution in [3.63, 3.8) is 0 Å². The zero-order valence-corrected chi connectivity index (χ0v) is 7.63. The van der Waals surface area contributed by atoms with Crippen LogP contribution in [0.25, 0.3) is 0 Å². The molecule has 0 aromatic rings. The Morgan fingerprint density at radius 1 is 1.33 bits per heavy atom. The summed E-state index contributed by atoms with van der Waals surface area (Å²) < 4.78 is 38.6. The van der Waals surface area contributed by atoms with Gasteiger partial charge >= 0.3 is 18.1 Å². The summed E-state index contributed by atoms with van der Waals surface area (Å²) >= 11 is 0. The third-order valence-corrected chi connectivity index (χ3v) is 1.39. The van der Waals surface area contributed by atoms with E-state index >= 15 is 0 Å². The molecule has 0 aliphatic carbocycles. The van der Waals surface area contributed by atoms with Crippen molar-refractivity contribution in [1.82, 2.24) is 0 Å². The lowest BCUT2D eigenvalue weighted by molar-refractivity contribution is -0.199. The quantitative estimate of drug-likeness (QED) is 0.438. The SMILES string of the molecule is C=C(CCCOC(=O)C(F)(F)F)C(=O)O. The average molecular weight is 226 g/mol. The first-order valence-corrected chi connectivity index (χ1v) is 3.90. The van der Waals surface area contributed by atoms with Gasteiger partial charge in [0.1, 0.15) is 0 Å². The highest BCUT2D eigenvalue weighted by Gasteiger charge is 2.40. The normalized spacial score (nSPS) is 10.9. The third-order valence-electron chi connectivity index (χ3n) is 1.39. The number of esters is 1. The minimum absolute atomic E-state index is 0.00699. The van der Waals surface area contributed by atoms with Crippen LogP contribution in [0.15, 0.2) is 12.2 Å². The molecule has 0 radical (unpaired) electrons. The molecule has 0 bridgehead atoms. The predicted molar refractivity (Wildman–Crippen MR) is 43.0 cm³/mol. The van der Waals surface area contributed by atoms with Crippen molar-refractivity contribution in [2.45, 2.75) is 19.0 Å². The number of carbonyl (C=O) groups excluding carboxylic acids is 1. The molecular formula is C8H9F3O4. The van der Waals surface area contributed by atoms with Crippen LogP contribution in [0.3, 0.4) is 0 Å². The maximum atomic E-state index is 11.6. The van der Waals surface area contributed by atoms with Crippen LogP contribution in [0.2, 0.25) is 0 Å². The Bertz CT molecular complexity index is 270. The Morgan fingerprint density at radius 2 is 1.87 bits per heavy atom. The highest BCUT2D eigenvalue weighted by molar-refractivity contribution is 5.85. The molecule has 0 rings (SSSR count). The molecule has 0 aliphatic heterocycles. The van der Waals surface area contributed by atoms with Gasteiger partial charge in [-0.25, -0.2) is 9.59 Å². The summed E-state index contributed by atoms with van der Waals surface area (Å²) in [5.74, 6) is -3.50. The fourth-order valence-electron chi connectivity index (χ4n) is 0.639. The van der Waals surface area contributed by atoms with Crippen molar-refractivity contribution in [2.24, 2.45) is 0 Å². The summed E-state index contributed by atoms with van der Waals surface area (Å²) in [6, 6.07) is 0. The van der Waals surface area contributed by atoms with E-state index in [0.717, 1.165) is 0 Å². The molecule has 15 heavy (non-hydrogen) atoms. The van der Waals surface area contributed by atoms with E-state index in [1.807, 2.05) is 0 Å². The van der Waals surface area contributed by atoms with E-state index in [4.69, 9.17) is 5.11 Å². The van der Waals surface area contributed by atoms with E-state index in [0.29, 0.717) is 0 Å². The predicted octanol–water partition coefficient (Wildman–Crippen LogP) is 1.51. The molecule has 0 spiro atoms. The molecule has 0 saturated carbocycles. The maximum absolute atomic E-state index is 11.6. The summed E-state index contributed by atoms with van der Waals surface area (Å²) in [7, 11) is 0. The van der Waals surface area contributed by atoms with Crippen LogP contribution in [-0.4, -0.2) is 29.8 Å². The number of carboxylic acids is 1. The van der Waals surface area contributed by atoms with Crippen LogP contribution in [0.5, 0.6) is 0 Å². The van der Waals surface area contributed by atoms with Gasteiger partial charge in [0.25, 0.3) is 0 Å². The number of aliphatic carboxylic acids is 1. The number of hydrogen-bond donors (Lipinski definition) is 1. The Kier molecular flexibility index (Phi) is 4.83. The molecule has 1 N–H and O–H groups in total. The lowest BCUT2D eigenvalue weighted by Gasteiger charge is -2.06. The molecule has 0 aliphatic rings. The van der Waals surface area contributed by atoms with Gasteiger partial charge in [0.15, 0.2) is 0 Å². The summed E-state index contributed by atoms with van der Waals surface area (Å²) in [5.41, 5.74) is -0.141. The van der Waals surface area contributed by atoms with Crippen LogP contribution in [-0.2, 0) is 14.3 Å². The molecule has 7 heteroatoms. The van der Waals surface area contributed by atoms with Gasteiger partial charge in [-0.05, 0) is 12.8 Å². The minimum Gasteiger partial charge on any atom is -0.478 e. The third kappa shape index (κ3) is 5.71. The molecule has 0 aromatic heterocycles. The molecule has 0 unspecified atom stereocenters. The molecule has 0 heterocycles. The number of carboxylic acid groups (broad SMARTS) is 1. The summed E-state index contributed by atoms with van der Waals surface area (Å²) in [6.07, 6.45) is -5.04. The van der Waals surface area contributed by atoms with Crippen molar-refractivity contribution < 1.29 is 32.6 Å². The monoisotopic (exact) mass is 226 g/mol. The molecule has 0 fully saturated rings. The number of carbonyl (C=O) groups is 2. The van der Waals surface area contributed by atoms with E-state index < -0.39 is 24.7 Å². The van der Waals surface area contributed by atoms with Gasteiger partial charge in [-0.3, -0.25) is 0 Å². The van der Waals surface area contributed by atoms with E-state index in [-0.39, 0.29) is 18.4 Å². The fourth-order valence-corrected chi connectivity index (χ4v) is 0.639. The van der Waals surface area contributed by atoms with Gasteiger partial charge in [-0.2, -0.15) is 13.2 Å². The zero-order valence-electron chi connectivity index (χ0n) is 7.63. The van der Waals surface area contributed by atoms with E-state index in [2.05, 4.69) is 11.3 Å². The van der Waals surface area contributed by atoms with Gasteiger partial charge in [-0.15, -0.1) is 0 Å². The Labute approximate surface area is 83.3 Å². The van der Waals surface area contributed by atoms with Gasteiger partial charge in [0.05, 0.1) is 6.61 Å².